The van der Waals surface area contributed by atoms with Gasteiger partial charge in [-0.2, -0.15) is 15.0 Å². The number of aromatic nitrogens is 6. The summed E-state index contributed by atoms with van der Waals surface area (Å²) in [6.07, 6.45) is -25.0. The van der Waals surface area contributed by atoms with Gasteiger partial charge < -0.3 is 110 Å². The minimum absolute atomic E-state index is 0.000963. The molecule has 0 radical (unpaired) electrons. The Morgan fingerprint density at radius 1 is 0.556 bits per heavy atom. The smallest absolute Gasteiger partial charge is 0.394 e. The Balaban J connectivity index is 0.827. The Labute approximate surface area is 455 Å². The highest BCUT2D eigenvalue weighted by molar-refractivity contribution is 7.47. The lowest BCUT2D eigenvalue weighted by atomic mass is 9.98. The highest BCUT2D eigenvalue weighted by Gasteiger charge is 2.51. The third-order valence-electron chi connectivity index (χ3n) is 13.4. The third kappa shape index (κ3) is 15.7. The molecule has 5 fully saturated rings. The van der Waals surface area contributed by atoms with Crippen LogP contribution in [0.5, 0.6) is 0 Å². The summed E-state index contributed by atoms with van der Waals surface area (Å²) in [7, 11) is -10.5. The van der Waals surface area contributed by atoms with Crippen molar-refractivity contribution in [1.29, 1.82) is 0 Å². The summed E-state index contributed by atoms with van der Waals surface area (Å²) in [6, 6.07) is 4.00. The fraction of sp³-hybridized carbons (Fsp3) is 0.714. The molecule has 0 amide bonds. The number of anilines is 3. The second-order valence-electron chi connectivity index (χ2n) is 19.0. The first-order valence-electron chi connectivity index (χ1n) is 24.8. The Morgan fingerprint density at radius 3 is 1.59 bits per heavy atom. The largest absolute Gasteiger partial charge is 0.474 e. The number of hydrogen-bond donors (Lipinski definition) is 13. The number of nitrogen functional groups attached to an aromatic ring is 3. The molecule has 39 heteroatoms. The maximum absolute atomic E-state index is 13.3. The molecule has 5 aliphatic rings. The van der Waals surface area contributed by atoms with Gasteiger partial charge in [-0.25, -0.2) is 23.5 Å². The summed E-state index contributed by atoms with van der Waals surface area (Å²) in [5.74, 6) is -0.169. The van der Waals surface area contributed by atoms with Crippen molar-refractivity contribution in [3.63, 3.8) is 0 Å². The van der Waals surface area contributed by atoms with Gasteiger partial charge >= 0.3 is 32.7 Å². The van der Waals surface area contributed by atoms with E-state index in [4.69, 9.17) is 77.9 Å². The van der Waals surface area contributed by atoms with E-state index < -0.39 is 183 Å². The number of nitrogens with two attached hydrogens (primary N) is 3. The van der Waals surface area contributed by atoms with Crippen molar-refractivity contribution in [2.45, 2.75) is 142 Å². The first-order valence-corrected chi connectivity index (χ1v) is 27.8. The van der Waals surface area contributed by atoms with E-state index in [1.54, 1.807) is 0 Å². The lowest BCUT2D eigenvalue weighted by molar-refractivity contribution is -0.328. The Bertz CT molecular complexity index is 2860. The summed E-state index contributed by atoms with van der Waals surface area (Å²) in [5, 5.41) is 85.0. The molecule has 454 valence electrons. The lowest BCUT2D eigenvalue weighted by Gasteiger charge is -2.44. The van der Waals surface area contributed by atoms with Crippen molar-refractivity contribution < 1.29 is 120 Å². The predicted molar refractivity (Wildman–Crippen MR) is 260 cm³/mol. The maximum atomic E-state index is 13.3. The summed E-state index contributed by atoms with van der Waals surface area (Å²) in [5.41, 5.74) is 14.4. The van der Waals surface area contributed by atoms with Gasteiger partial charge in [0, 0.05) is 44.5 Å². The van der Waals surface area contributed by atoms with Crippen LogP contribution in [-0.4, -0.2) is 224 Å². The monoisotopic (exact) mass is 1200 g/mol. The van der Waals surface area contributed by atoms with E-state index in [9.17, 15) is 74.2 Å². The molecule has 0 spiro atoms. The zero-order valence-corrected chi connectivity index (χ0v) is 44.1. The maximum Gasteiger partial charge on any atom is 0.474 e. The van der Waals surface area contributed by atoms with Gasteiger partial charge in [0.1, 0.15) is 103 Å². The molecule has 5 aliphatic heterocycles. The van der Waals surface area contributed by atoms with Crippen LogP contribution < -0.4 is 34.3 Å². The molecule has 8 heterocycles. The molecule has 0 aromatic carbocycles. The van der Waals surface area contributed by atoms with Crippen LogP contribution >= 0.6 is 15.6 Å². The Hall–Kier alpha value is -4.42. The van der Waals surface area contributed by atoms with Gasteiger partial charge in [-0.3, -0.25) is 31.8 Å². The van der Waals surface area contributed by atoms with Crippen LogP contribution in [0.1, 0.15) is 44.4 Å². The number of phosphoric acid groups is 2. The standard InChI is InChI=1S/C42H63N9O28P2/c43-26-1-5-49(40(60)46-26)29-9-18(53)20(73-29)4-8-69-36-25(76-38(59)34(57)33(36)56)15-70-39-35(58)37(32(55)22(12-52)77-39)79-81(65,66)72-17-68-14-24-21(11-31(75-24)51-7-3-28(45)48-42(51)62)78-80(63,64)71-16-67-13-23-19(54)10-30(74-23)50-6-2-27(44)47-41(50)61/h1-3,5-7,18-25,29-39,52-59H,4,8-17H2,(H,63,64)(H,65,66)(H2,43,46,60)(H2,44,47,61)(H2,45,48,62). The summed E-state index contributed by atoms with van der Waals surface area (Å²) in [4.78, 5) is 69.6. The normalized spacial score (nSPS) is 35.9. The van der Waals surface area contributed by atoms with Crippen molar-refractivity contribution in [2.24, 2.45) is 0 Å². The summed E-state index contributed by atoms with van der Waals surface area (Å²) < 4.78 is 101. The van der Waals surface area contributed by atoms with Crippen molar-refractivity contribution in [2.75, 3.05) is 63.8 Å². The summed E-state index contributed by atoms with van der Waals surface area (Å²) in [6.45, 7) is -5.00. The number of ether oxygens (including phenoxy) is 9. The van der Waals surface area contributed by atoms with E-state index in [0.717, 1.165) is 13.7 Å². The van der Waals surface area contributed by atoms with Crippen molar-refractivity contribution >= 4 is 33.1 Å². The topological polar surface area (TPSA) is 539 Å². The molecule has 5 saturated heterocycles. The molecular formula is C42H63N9O28P2. The zero-order valence-electron chi connectivity index (χ0n) is 42.3. The molecule has 3 aromatic rings. The van der Waals surface area contributed by atoms with Crippen LogP contribution in [0.3, 0.4) is 0 Å². The number of nitrogens with zero attached hydrogens (tertiary/aromatic N) is 6. The van der Waals surface area contributed by atoms with Crippen LogP contribution in [0.15, 0.2) is 51.2 Å². The van der Waals surface area contributed by atoms with Gasteiger partial charge in [0.15, 0.2) is 26.2 Å². The lowest BCUT2D eigenvalue weighted by Crippen LogP contribution is -2.62. The predicted octanol–water partition coefficient (Wildman–Crippen LogP) is -6.29. The van der Waals surface area contributed by atoms with Gasteiger partial charge in [-0.05, 0) is 24.6 Å². The molecule has 0 aliphatic carbocycles. The van der Waals surface area contributed by atoms with E-state index in [1.807, 2.05) is 0 Å². The van der Waals surface area contributed by atoms with E-state index in [-0.39, 0.29) is 56.4 Å². The first kappa shape index (κ1) is 62.6. The molecule has 8 rings (SSSR count). The first-order chi connectivity index (χ1) is 38.4. The number of aliphatic hydroxyl groups excluding tert-OH is 8. The Morgan fingerprint density at radius 2 is 1.05 bits per heavy atom. The number of aliphatic hydroxyl groups is 8. The van der Waals surface area contributed by atoms with Gasteiger partial charge in [-0.15, -0.1) is 0 Å². The van der Waals surface area contributed by atoms with Gasteiger partial charge in [0.25, 0.3) is 0 Å². The SMILES string of the molecule is Nc1ccn(C2CC(O)C(CCOC3C(COC4OC(CO)C(O)C(OP(=O)(O)OCOCC5OC(n6ccc(N)nc6=O)CC5OP(=O)(O)OCOCC5OC(n6ccc(N)nc6=O)CC5O)C4O)OC(O)C(O)C3O)O2)c(=O)n1. The van der Waals surface area contributed by atoms with E-state index in [2.05, 4.69) is 15.0 Å². The quantitative estimate of drug-likeness (QED) is 0.0213. The third-order valence-corrected chi connectivity index (χ3v) is 15.3. The van der Waals surface area contributed by atoms with E-state index >= 15 is 0 Å². The zero-order chi connectivity index (χ0) is 58.5. The average Bonchev–Trinajstić information content (AvgIpc) is 4.12. The molecule has 16 N–H and O–H groups in total. The Kier molecular flexibility index (Phi) is 20.9. The van der Waals surface area contributed by atoms with Crippen LogP contribution in [0, 0.1) is 0 Å². The molecule has 21 unspecified atom stereocenters. The van der Waals surface area contributed by atoms with Crippen LogP contribution in [0.4, 0.5) is 17.5 Å². The van der Waals surface area contributed by atoms with Crippen molar-refractivity contribution in [1.82, 2.24) is 28.7 Å². The van der Waals surface area contributed by atoms with Crippen LogP contribution in [0.2, 0.25) is 0 Å². The molecule has 0 saturated carbocycles. The number of phosphoric ester groups is 2. The molecule has 3 aromatic heterocycles. The van der Waals surface area contributed by atoms with Crippen molar-refractivity contribution in [3.05, 3.63) is 68.2 Å². The van der Waals surface area contributed by atoms with Crippen molar-refractivity contribution in [3.8, 4) is 0 Å². The van der Waals surface area contributed by atoms with Crippen LogP contribution in [0.25, 0.3) is 0 Å². The second-order valence-corrected chi connectivity index (χ2v) is 21.8. The average molecular weight is 1200 g/mol. The fourth-order valence-corrected chi connectivity index (χ4v) is 10.9. The van der Waals surface area contributed by atoms with Gasteiger partial charge in [0.2, 0.25) is 0 Å². The van der Waals surface area contributed by atoms with E-state index in [0.29, 0.717) is 0 Å². The molecule has 37 nitrogen and oxygen atoms in total. The minimum atomic E-state index is -5.39. The highest BCUT2D eigenvalue weighted by Crippen LogP contribution is 2.49. The molecule has 81 heavy (non-hydrogen) atoms. The van der Waals surface area contributed by atoms with E-state index in [1.165, 1.54) is 36.8 Å². The van der Waals surface area contributed by atoms with Crippen LogP contribution in [-0.2, 0) is 69.9 Å². The highest BCUT2D eigenvalue weighted by atomic mass is 31.2. The van der Waals surface area contributed by atoms with Gasteiger partial charge in [-0.1, -0.05) is 0 Å². The number of hydrogen-bond acceptors (Lipinski definition) is 32. The fourth-order valence-electron chi connectivity index (χ4n) is 9.26. The molecule has 21 atom stereocenters. The minimum Gasteiger partial charge on any atom is -0.394 e. The second kappa shape index (κ2) is 27.1. The molecular weight excluding hydrogens is 1140 g/mol. The van der Waals surface area contributed by atoms with Gasteiger partial charge in [0.05, 0.1) is 44.7 Å². The summed E-state index contributed by atoms with van der Waals surface area (Å²) >= 11 is 0. The molecule has 0 bridgehead atoms. The number of rotatable bonds is 25.